The maximum atomic E-state index is 13.9. The van der Waals surface area contributed by atoms with Crippen molar-refractivity contribution in [1.29, 1.82) is 0 Å². The number of ether oxygens (including phenoxy) is 3. The van der Waals surface area contributed by atoms with Crippen molar-refractivity contribution in [3.05, 3.63) is 29.8 Å². The molecule has 5 nitrogen and oxygen atoms in total. The van der Waals surface area contributed by atoms with Crippen LogP contribution >= 0.6 is 0 Å². The van der Waals surface area contributed by atoms with E-state index in [1.165, 1.54) is 0 Å². The molecule has 202 valence electrons. The van der Waals surface area contributed by atoms with E-state index in [2.05, 4.69) is 27.4 Å². The van der Waals surface area contributed by atoms with Crippen LogP contribution in [0.1, 0.15) is 105 Å². The summed E-state index contributed by atoms with van der Waals surface area (Å²) in [5.74, 6) is 2.02. The van der Waals surface area contributed by atoms with E-state index in [1.54, 1.807) is 6.92 Å². The molecule has 1 aliphatic carbocycles. The van der Waals surface area contributed by atoms with Gasteiger partial charge in [-0.25, -0.2) is 0 Å². The SMILES string of the molecule is C=C(C)c1c(OCC)cc([C@@H](C)C(CCC(C)C)C(=O)CC2(C(C)=O)CC(OCC)C2)cc1OCC. The van der Waals surface area contributed by atoms with Crippen LogP contribution in [0.2, 0.25) is 0 Å². The largest absolute Gasteiger partial charge is 0.493 e. The summed E-state index contributed by atoms with van der Waals surface area (Å²) < 4.78 is 17.7. The molecule has 0 amide bonds. The van der Waals surface area contributed by atoms with Gasteiger partial charge in [-0.2, -0.15) is 0 Å². The van der Waals surface area contributed by atoms with Crippen LogP contribution in [0.25, 0.3) is 5.57 Å². The lowest BCUT2D eigenvalue weighted by molar-refractivity contribution is -0.151. The predicted octanol–water partition coefficient (Wildman–Crippen LogP) is 7.41. The quantitative estimate of drug-likeness (QED) is 0.236. The molecule has 0 N–H and O–H groups in total. The van der Waals surface area contributed by atoms with E-state index in [-0.39, 0.29) is 29.5 Å². The molecule has 1 aliphatic rings. The zero-order chi connectivity index (χ0) is 27.0. The van der Waals surface area contributed by atoms with Gasteiger partial charge in [-0.3, -0.25) is 9.59 Å². The van der Waals surface area contributed by atoms with E-state index >= 15 is 0 Å². The van der Waals surface area contributed by atoms with Gasteiger partial charge in [-0.05, 0) is 89.0 Å². The Morgan fingerprint density at radius 3 is 1.94 bits per heavy atom. The molecule has 0 heterocycles. The second kappa shape index (κ2) is 13.4. The van der Waals surface area contributed by atoms with Crippen molar-refractivity contribution in [2.24, 2.45) is 17.3 Å². The van der Waals surface area contributed by atoms with E-state index in [0.29, 0.717) is 45.0 Å². The molecular formula is C31H48O5. The summed E-state index contributed by atoms with van der Waals surface area (Å²) in [5, 5.41) is 0. The second-order valence-corrected chi connectivity index (χ2v) is 10.9. The minimum Gasteiger partial charge on any atom is -0.493 e. The molecule has 1 saturated carbocycles. The van der Waals surface area contributed by atoms with Gasteiger partial charge in [-0.1, -0.05) is 33.8 Å². The van der Waals surface area contributed by atoms with Gasteiger partial charge < -0.3 is 14.2 Å². The average Bonchev–Trinajstić information content (AvgIpc) is 2.77. The molecular weight excluding hydrogens is 452 g/mol. The highest BCUT2D eigenvalue weighted by molar-refractivity contribution is 5.92. The van der Waals surface area contributed by atoms with Crippen molar-refractivity contribution in [2.75, 3.05) is 19.8 Å². The Morgan fingerprint density at radius 2 is 1.53 bits per heavy atom. The third kappa shape index (κ3) is 7.21. The number of Topliss-reactive ketones (excluding diaryl/α,β-unsaturated/α-hetero) is 2. The second-order valence-electron chi connectivity index (χ2n) is 10.9. The molecule has 0 spiro atoms. The lowest BCUT2D eigenvalue weighted by atomic mass is 9.60. The summed E-state index contributed by atoms with van der Waals surface area (Å²) >= 11 is 0. The van der Waals surface area contributed by atoms with Crippen molar-refractivity contribution in [3.63, 3.8) is 0 Å². The number of rotatable bonds is 16. The van der Waals surface area contributed by atoms with Gasteiger partial charge in [0, 0.05) is 24.4 Å². The first-order valence-electron chi connectivity index (χ1n) is 13.7. The lowest BCUT2D eigenvalue weighted by Crippen LogP contribution is -2.49. The minimum absolute atomic E-state index is 0.0411. The Morgan fingerprint density at radius 1 is 0.972 bits per heavy atom. The van der Waals surface area contributed by atoms with Gasteiger partial charge in [-0.15, -0.1) is 0 Å². The predicted molar refractivity (Wildman–Crippen MR) is 147 cm³/mol. The van der Waals surface area contributed by atoms with E-state index in [9.17, 15) is 9.59 Å². The van der Waals surface area contributed by atoms with Crippen molar-refractivity contribution in [3.8, 4) is 11.5 Å². The molecule has 0 aliphatic heterocycles. The van der Waals surface area contributed by atoms with Gasteiger partial charge in [0.15, 0.2) is 0 Å². The molecule has 2 atom stereocenters. The Hall–Kier alpha value is -2.14. The van der Waals surface area contributed by atoms with Gasteiger partial charge in [0.1, 0.15) is 23.1 Å². The fourth-order valence-corrected chi connectivity index (χ4v) is 5.45. The van der Waals surface area contributed by atoms with E-state index in [0.717, 1.165) is 41.0 Å². The van der Waals surface area contributed by atoms with Gasteiger partial charge in [0.25, 0.3) is 0 Å². The number of carbonyl (C=O) groups excluding carboxylic acids is 2. The summed E-state index contributed by atoms with van der Waals surface area (Å²) in [5.41, 5.74) is 2.20. The van der Waals surface area contributed by atoms with Gasteiger partial charge in [0.2, 0.25) is 0 Å². The van der Waals surface area contributed by atoms with Crippen LogP contribution in [0.15, 0.2) is 18.7 Å². The molecule has 36 heavy (non-hydrogen) atoms. The third-order valence-corrected chi connectivity index (χ3v) is 7.61. The fraction of sp³-hybridized carbons (Fsp3) is 0.677. The molecule has 0 aromatic heterocycles. The summed E-state index contributed by atoms with van der Waals surface area (Å²) in [4.78, 5) is 26.5. The van der Waals surface area contributed by atoms with E-state index in [4.69, 9.17) is 14.2 Å². The Labute approximate surface area is 219 Å². The molecule has 0 bridgehead atoms. The average molecular weight is 501 g/mol. The highest BCUT2D eigenvalue weighted by atomic mass is 16.5. The number of hydrogen-bond acceptors (Lipinski definition) is 5. The third-order valence-electron chi connectivity index (χ3n) is 7.61. The molecule has 1 fully saturated rings. The monoisotopic (exact) mass is 500 g/mol. The minimum atomic E-state index is -0.580. The van der Waals surface area contributed by atoms with Crippen molar-refractivity contribution < 1.29 is 23.8 Å². The van der Waals surface area contributed by atoms with Crippen LogP contribution in [0, 0.1) is 17.3 Å². The summed E-state index contributed by atoms with van der Waals surface area (Å²) in [6.45, 7) is 21.8. The lowest BCUT2D eigenvalue weighted by Gasteiger charge is -2.46. The van der Waals surface area contributed by atoms with Crippen LogP contribution in [0.5, 0.6) is 11.5 Å². The molecule has 1 unspecified atom stereocenters. The first-order chi connectivity index (χ1) is 17.0. The van der Waals surface area contributed by atoms with Gasteiger partial charge in [0.05, 0.1) is 24.9 Å². The highest BCUT2D eigenvalue weighted by Crippen LogP contribution is 2.48. The van der Waals surface area contributed by atoms with Crippen molar-refractivity contribution in [2.45, 2.75) is 99.5 Å². The molecule has 2 rings (SSSR count). The zero-order valence-electron chi connectivity index (χ0n) is 23.9. The normalized spacial score (nSPS) is 21.0. The first-order valence-corrected chi connectivity index (χ1v) is 13.7. The number of carbonyl (C=O) groups is 2. The molecule has 0 saturated heterocycles. The highest BCUT2D eigenvalue weighted by Gasteiger charge is 2.50. The smallest absolute Gasteiger partial charge is 0.137 e. The van der Waals surface area contributed by atoms with E-state index < -0.39 is 5.41 Å². The topological polar surface area (TPSA) is 61.8 Å². The Kier molecular flexibility index (Phi) is 11.2. The van der Waals surface area contributed by atoms with Gasteiger partial charge >= 0.3 is 0 Å². The Bertz CT molecular complexity index is 883. The van der Waals surface area contributed by atoms with Crippen LogP contribution in [-0.4, -0.2) is 37.5 Å². The molecule has 5 heteroatoms. The summed E-state index contributed by atoms with van der Waals surface area (Å²) in [7, 11) is 0. The van der Waals surface area contributed by atoms with Crippen LogP contribution in [-0.2, 0) is 14.3 Å². The Balaban J connectivity index is 2.42. The molecule has 0 radical (unpaired) electrons. The molecule has 1 aromatic rings. The van der Waals surface area contributed by atoms with Crippen LogP contribution < -0.4 is 9.47 Å². The maximum Gasteiger partial charge on any atom is 0.137 e. The number of benzene rings is 1. The van der Waals surface area contributed by atoms with Crippen molar-refractivity contribution >= 4 is 17.1 Å². The van der Waals surface area contributed by atoms with Crippen LogP contribution in [0.3, 0.4) is 0 Å². The molecule has 1 aromatic carbocycles. The number of allylic oxidation sites excluding steroid dienone is 1. The van der Waals surface area contributed by atoms with Crippen molar-refractivity contribution in [1.82, 2.24) is 0 Å². The number of hydrogen-bond donors (Lipinski definition) is 0. The van der Waals surface area contributed by atoms with Crippen LogP contribution in [0.4, 0.5) is 0 Å². The summed E-state index contributed by atoms with van der Waals surface area (Å²) in [6.07, 6.45) is 3.40. The fourth-order valence-electron chi connectivity index (χ4n) is 5.45. The standard InChI is InChI=1S/C31H48O5/c1-10-34-25-17-31(18-25,23(9)32)19-27(33)26(14-13-20(4)5)22(8)24-15-28(35-11-2)30(21(6)7)29(16-24)36-12-3/h15-16,20,22,25-26H,6,10-14,17-19H2,1-5,7-9H3/t22-,25?,26?,31?/m1/s1. The number of ketones is 2. The zero-order valence-corrected chi connectivity index (χ0v) is 23.9. The summed E-state index contributed by atoms with van der Waals surface area (Å²) in [6, 6.07) is 4.09. The maximum absolute atomic E-state index is 13.9. The van der Waals surface area contributed by atoms with E-state index in [1.807, 2.05) is 39.8 Å². The first kappa shape index (κ1) is 30.1.